The van der Waals surface area contributed by atoms with Crippen LogP contribution in [0.25, 0.3) is 0 Å². The summed E-state index contributed by atoms with van der Waals surface area (Å²) in [6, 6.07) is 7.13. The summed E-state index contributed by atoms with van der Waals surface area (Å²) in [5, 5.41) is 7.00. The molecule has 0 saturated heterocycles. The van der Waals surface area contributed by atoms with Gasteiger partial charge in [-0.2, -0.15) is 0 Å². The van der Waals surface area contributed by atoms with E-state index in [4.69, 9.17) is 12.2 Å². The van der Waals surface area contributed by atoms with E-state index in [0.717, 1.165) is 12.8 Å². The number of nitrogens with zero attached hydrogens (tertiary/aromatic N) is 1. The van der Waals surface area contributed by atoms with Crippen LogP contribution in [0.15, 0.2) is 29.2 Å². The summed E-state index contributed by atoms with van der Waals surface area (Å²) in [5.41, 5.74) is 0.680. The van der Waals surface area contributed by atoms with Crippen LogP contribution in [0, 0.1) is 0 Å². The first-order valence-corrected chi connectivity index (χ1v) is 9.84. The van der Waals surface area contributed by atoms with Crippen LogP contribution in [0.2, 0.25) is 0 Å². The van der Waals surface area contributed by atoms with Crippen molar-refractivity contribution in [3.8, 4) is 0 Å². The summed E-state index contributed by atoms with van der Waals surface area (Å²) in [4.78, 5) is 0.254. The fourth-order valence-corrected chi connectivity index (χ4v) is 3.95. The molecule has 1 fully saturated rings. The molecule has 0 aromatic heterocycles. The van der Waals surface area contributed by atoms with E-state index in [1.165, 1.54) is 44.1 Å². The highest BCUT2D eigenvalue weighted by atomic mass is 32.2. The molecule has 0 radical (unpaired) electrons. The van der Waals surface area contributed by atoms with Gasteiger partial charge in [0.2, 0.25) is 10.0 Å². The van der Waals surface area contributed by atoms with E-state index in [2.05, 4.69) is 10.6 Å². The van der Waals surface area contributed by atoms with Crippen molar-refractivity contribution in [3.63, 3.8) is 0 Å². The fraction of sp³-hybridized carbons (Fsp3) is 0.562. The van der Waals surface area contributed by atoms with Crippen LogP contribution in [0.1, 0.15) is 38.5 Å². The number of anilines is 1. The number of hydrogen-bond acceptors (Lipinski definition) is 3. The van der Waals surface area contributed by atoms with Crippen molar-refractivity contribution in [2.45, 2.75) is 49.5 Å². The zero-order valence-corrected chi connectivity index (χ0v) is 15.3. The molecule has 128 valence electrons. The van der Waals surface area contributed by atoms with E-state index < -0.39 is 10.0 Å². The van der Waals surface area contributed by atoms with E-state index in [1.54, 1.807) is 18.2 Å². The monoisotopic (exact) mass is 355 g/mol. The summed E-state index contributed by atoms with van der Waals surface area (Å²) in [6.45, 7) is 0. The lowest BCUT2D eigenvalue weighted by molar-refractivity contribution is 0.521. The zero-order chi connectivity index (χ0) is 16.9. The summed E-state index contributed by atoms with van der Waals surface area (Å²) in [5.74, 6) is 0. The minimum Gasteiger partial charge on any atom is -0.360 e. The molecule has 1 aliphatic carbocycles. The molecule has 5 nitrogen and oxygen atoms in total. The maximum absolute atomic E-state index is 12.2. The Bertz CT molecular complexity index is 636. The van der Waals surface area contributed by atoms with Gasteiger partial charge in [0, 0.05) is 25.8 Å². The minimum atomic E-state index is -3.44. The van der Waals surface area contributed by atoms with Crippen molar-refractivity contribution in [3.05, 3.63) is 24.3 Å². The van der Waals surface area contributed by atoms with Crippen molar-refractivity contribution >= 4 is 33.0 Å². The quantitative estimate of drug-likeness (QED) is 0.642. The van der Waals surface area contributed by atoms with Crippen molar-refractivity contribution in [1.29, 1.82) is 0 Å². The van der Waals surface area contributed by atoms with Crippen LogP contribution in [0.3, 0.4) is 0 Å². The van der Waals surface area contributed by atoms with E-state index in [0.29, 0.717) is 16.8 Å². The normalized spacial score (nSPS) is 16.8. The van der Waals surface area contributed by atoms with Gasteiger partial charge < -0.3 is 10.6 Å². The lowest BCUT2D eigenvalue weighted by atomic mass is 10.1. The average Bonchev–Trinajstić information content (AvgIpc) is 2.75. The Kier molecular flexibility index (Phi) is 6.38. The Morgan fingerprint density at radius 2 is 1.83 bits per heavy atom. The Morgan fingerprint density at radius 1 is 1.17 bits per heavy atom. The second-order valence-corrected chi connectivity index (χ2v) is 8.66. The third-order valence-corrected chi connectivity index (χ3v) is 6.09. The smallest absolute Gasteiger partial charge is 0.242 e. The summed E-state index contributed by atoms with van der Waals surface area (Å²) >= 11 is 5.37. The van der Waals surface area contributed by atoms with Crippen LogP contribution in [0.5, 0.6) is 0 Å². The van der Waals surface area contributed by atoms with Crippen molar-refractivity contribution in [2.24, 2.45) is 0 Å². The molecule has 7 heteroatoms. The number of sulfonamides is 1. The molecule has 0 amide bonds. The molecular weight excluding hydrogens is 330 g/mol. The van der Waals surface area contributed by atoms with Gasteiger partial charge >= 0.3 is 0 Å². The number of nitrogens with one attached hydrogen (secondary N) is 2. The van der Waals surface area contributed by atoms with Gasteiger partial charge in [-0.15, -0.1) is 0 Å². The predicted molar refractivity (Wildman–Crippen MR) is 98.2 cm³/mol. The number of benzene rings is 1. The molecule has 1 saturated carbocycles. The Morgan fingerprint density at radius 3 is 2.43 bits per heavy atom. The summed E-state index contributed by atoms with van der Waals surface area (Å²) < 4.78 is 25.6. The number of thiocarbonyl (C=S) groups is 1. The second kappa shape index (κ2) is 8.08. The third-order valence-electron chi connectivity index (χ3n) is 4.06. The van der Waals surface area contributed by atoms with Crippen molar-refractivity contribution in [1.82, 2.24) is 9.62 Å². The molecule has 0 spiro atoms. The Hall–Kier alpha value is -1.18. The molecule has 1 aromatic carbocycles. The third kappa shape index (κ3) is 5.16. The molecule has 0 unspecified atom stereocenters. The molecule has 0 heterocycles. The maximum Gasteiger partial charge on any atom is 0.242 e. The SMILES string of the molecule is CN(C)S(=O)(=O)c1cccc(NC(=S)NC2CCCCCC2)c1. The highest BCUT2D eigenvalue weighted by Crippen LogP contribution is 2.19. The highest BCUT2D eigenvalue weighted by molar-refractivity contribution is 7.89. The van der Waals surface area contributed by atoms with Gasteiger partial charge in [0.1, 0.15) is 0 Å². The van der Waals surface area contributed by atoms with Crippen molar-refractivity contribution in [2.75, 3.05) is 19.4 Å². The van der Waals surface area contributed by atoms with Crippen LogP contribution < -0.4 is 10.6 Å². The van der Waals surface area contributed by atoms with Gasteiger partial charge in [0.25, 0.3) is 0 Å². The van der Waals surface area contributed by atoms with E-state index in [1.807, 2.05) is 6.07 Å². The lowest BCUT2D eigenvalue weighted by Gasteiger charge is -2.19. The largest absolute Gasteiger partial charge is 0.360 e. The molecule has 0 aliphatic heterocycles. The van der Waals surface area contributed by atoms with E-state index >= 15 is 0 Å². The number of rotatable bonds is 4. The van der Waals surface area contributed by atoms with Crippen LogP contribution in [0.4, 0.5) is 5.69 Å². The Balaban J connectivity index is 2.01. The zero-order valence-electron chi connectivity index (χ0n) is 13.7. The van der Waals surface area contributed by atoms with Gasteiger partial charge in [0.15, 0.2) is 5.11 Å². The van der Waals surface area contributed by atoms with E-state index in [9.17, 15) is 8.42 Å². The molecule has 2 rings (SSSR count). The summed E-state index contributed by atoms with van der Waals surface area (Å²) in [7, 11) is -0.395. The van der Waals surface area contributed by atoms with Crippen LogP contribution in [-0.2, 0) is 10.0 Å². The first-order chi connectivity index (χ1) is 10.9. The van der Waals surface area contributed by atoms with Gasteiger partial charge in [0.05, 0.1) is 4.90 Å². The molecule has 0 atom stereocenters. The predicted octanol–water partition coefficient (Wildman–Crippen LogP) is 2.95. The topological polar surface area (TPSA) is 61.4 Å². The standard InChI is InChI=1S/C16H25N3O2S2/c1-19(2)23(20,21)15-11-7-10-14(12-15)18-16(22)17-13-8-5-3-4-6-9-13/h7,10-13H,3-6,8-9H2,1-2H3,(H2,17,18,22). The molecule has 0 bridgehead atoms. The lowest BCUT2D eigenvalue weighted by Crippen LogP contribution is -2.37. The minimum absolute atomic E-state index is 0.254. The maximum atomic E-state index is 12.2. The molecular formula is C16H25N3O2S2. The molecule has 1 aliphatic rings. The molecule has 23 heavy (non-hydrogen) atoms. The fourth-order valence-electron chi connectivity index (χ4n) is 2.72. The molecule has 2 N–H and O–H groups in total. The Labute approximate surface area is 144 Å². The first-order valence-electron chi connectivity index (χ1n) is 8.00. The van der Waals surface area contributed by atoms with Crippen LogP contribution >= 0.6 is 12.2 Å². The highest BCUT2D eigenvalue weighted by Gasteiger charge is 2.18. The average molecular weight is 356 g/mol. The van der Waals surface area contributed by atoms with Crippen molar-refractivity contribution < 1.29 is 8.42 Å². The van der Waals surface area contributed by atoms with E-state index in [-0.39, 0.29) is 4.90 Å². The van der Waals surface area contributed by atoms with Gasteiger partial charge in [-0.3, -0.25) is 0 Å². The summed E-state index contributed by atoms with van der Waals surface area (Å²) in [6.07, 6.45) is 7.33. The second-order valence-electron chi connectivity index (χ2n) is 6.10. The number of hydrogen-bond donors (Lipinski definition) is 2. The molecule has 1 aromatic rings. The van der Waals surface area contributed by atoms with Gasteiger partial charge in [-0.1, -0.05) is 31.7 Å². The van der Waals surface area contributed by atoms with Crippen LogP contribution in [-0.4, -0.2) is 38.0 Å². The van der Waals surface area contributed by atoms with Gasteiger partial charge in [-0.25, -0.2) is 12.7 Å². The first kappa shape index (κ1) is 18.2. The van der Waals surface area contributed by atoms with Gasteiger partial charge in [-0.05, 0) is 43.3 Å².